The molecular weight excluding hydrogens is 534 g/mol. The monoisotopic (exact) mass is 571 g/mol. The number of carbonyl (C=O) groups is 2. The van der Waals surface area contributed by atoms with E-state index in [0.717, 1.165) is 23.0 Å². The van der Waals surface area contributed by atoms with Crippen molar-refractivity contribution in [2.24, 2.45) is 0 Å². The third kappa shape index (κ3) is 6.75. The van der Waals surface area contributed by atoms with Gasteiger partial charge in [0.05, 0.1) is 31.9 Å². The molecule has 11 heteroatoms. The van der Waals surface area contributed by atoms with Gasteiger partial charge in [0.25, 0.3) is 0 Å². The number of aromatic nitrogens is 1. The number of hydrogen-bond acceptors (Lipinski definition) is 8. The first-order valence-electron chi connectivity index (χ1n) is 13.3. The number of carbonyl (C=O) groups excluding carboxylic acids is 2. The van der Waals surface area contributed by atoms with E-state index in [-0.39, 0.29) is 24.2 Å². The van der Waals surface area contributed by atoms with Gasteiger partial charge < -0.3 is 19.1 Å². The lowest BCUT2D eigenvalue weighted by molar-refractivity contribution is -0.117. The molecule has 10 nitrogen and oxygen atoms in total. The van der Waals surface area contributed by atoms with Gasteiger partial charge in [-0.05, 0) is 69.0 Å². The summed E-state index contributed by atoms with van der Waals surface area (Å²) >= 11 is 0. The summed E-state index contributed by atoms with van der Waals surface area (Å²) in [6.07, 6.45) is 5.23. The molecule has 1 atom stereocenters. The molecule has 0 spiro atoms. The molecule has 0 bridgehead atoms. The molecule has 2 amide bonds. The molecule has 0 unspecified atom stereocenters. The van der Waals surface area contributed by atoms with Crippen LogP contribution in [0.4, 0.5) is 10.6 Å². The van der Waals surface area contributed by atoms with Crippen molar-refractivity contribution in [2.45, 2.75) is 52.2 Å². The number of fused-ring (bicyclic) bond motifs is 1. The van der Waals surface area contributed by atoms with Crippen molar-refractivity contribution in [3.8, 4) is 11.5 Å². The van der Waals surface area contributed by atoms with Crippen LogP contribution < -0.4 is 14.4 Å². The Bertz CT molecular complexity index is 1430. The van der Waals surface area contributed by atoms with Crippen LogP contribution in [0.1, 0.15) is 56.8 Å². The largest absolute Gasteiger partial charge is 0.493 e. The molecule has 2 aliphatic heterocycles. The van der Waals surface area contributed by atoms with Crippen LogP contribution in [-0.4, -0.2) is 74.7 Å². The predicted octanol–water partition coefficient (Wildman–Crippen LogP) is 4.19. The van der Waals surface area contributed by atoms with Gasteiger partial charge in [0.2, 0.25) is 5.91 Å². The molecule has 1 aromatic heterocycles. The summed E-state index contributed by atoms with van der Waals surface area (Å²) in [5.41, 5.74) is 2.69. The van der Waals surface area contributed by atoms with Crippen molar-refractivity contribution in [1.29, 1.82) is 0 Å². The highest BCUT2D eigenvalue weighted by molar-refractivity contribution is 7.90. The number of anilines is 1. The molecule has 0 aliphatic carbocycles. The molecule has 4 rings (SSSR count). The third-order valence-corrected chi connectivity index (χ3v) is 7.58. The Morgan fingerprint density at radius 3 is 2.52 bits per heavy atom. The Hall–Kier alpha value is -3.60. The zero-order valence-corrected chi connectivity index (χ0v) is 24.7. The van der Waals surface area contributed by atoms with E-state index < -0.39 is 21.5 Å². The number of nitrogens with zero attached hydrogens (tertiary/aromatic N) is 3. The van der Waals surface area contributed by atoms with Gasteiger partial charge in [-0.15, -0.1) is 0 Å². The maximum absolute atomic E-state index is 13.3. The van der Waals surface area contributed by atoms with Gasteiger partial charge in [0, 0.05) is 31.1 Å². The summed E-state index contributed by atoms with van der Waals surface area (Å²) in [5.74, 6) is 0.941. The highest BCUT2D eigenvalue weighted by Crippen LogP contribution is 2.39. The first kappa shape index (κ1) is 29.4. The van der Waals surface area contributed by atoms with E-state index in [2.05, 4.69) is 4.98 Å². The van der Waals surface area contributed by atoms with E-state index >= 15 is 0 Å². The zero-order valence-electron chi connectivity index (χ0n) is 23.9. The molecule has 0 N–H and O–H groups in total. The molecule has 0 radical (unpaired) electrons. The second kappa shape index (κ2) is 11.5. The van der Waals surface area contributed by atoms with Crippen molar-refractivity contribution in [3.05, 3.63) is 53.2 Å². The standard InChI is InChI=1S/C29H37N3O7S/c1-7-38-25-15-20(8-9-24(25)37-5)23(18-40(6,35)36)32-26(33)16-21-14-22(17-30-27(21)32)19-10-12-31(13-11-19)28(34)39-29(2,3)4/h8-10,14-15,17,23H,7,11-13,16,18H2,1-6H3/t23-/m1/s1. The van der Waals surface area contributed by atoms with Crippen molar-refractivity contribution in [2.75, 3.05) is 43.7 Å². The van der Waals surface area contributed by atoms with Crippen molar-refractivity contribution in [3.63, 3.8) is 0 Å². The minimum Gasteiger partial charge on any atom is -0.493 e. The second-order valence-electron chi connectivity index (χ2n) is 11.0. The van der Waals surface area contributed by atoms with Crippen molar-refractivity contribution < 1.29 is 32.2 Å². The average molecular weight is 572 g/mol. The molecule has 0 fully saturated rings. The van der Waals surface area contributed by atoms with Crippen LogP contribution in [0.15, 0.2) is 36.5 Å². The number of hydrogen-bond donors (Lipinski definition) is 0. The lowest BCUT2D eigenvalue weighted by Crippen LogP contribution is -2.39. The van der Waals surface area contributed by atoms with Gasteiger partial charge in [-0.1, -0.05) is 12.1 Å². The van der Waals surface area contributed by atoms with Gasteiger partial charge in [-0.2, -0.15) is 0 Å². The Kier molecular flexibility index (Phi) is 8.44. The maximum Gasteiger partial charge on any atom is 0.410 e. The summed E-state index contributed by atoms with van der Waals surface area (Å²) in [5, 5.41) is 0. The van der Waals surface area contributed by atoms with Crippen LogP contribution in [-0.2, 0) is 25.8 Å². The summed E-state index contributed by atoms with van der Waals surface area (Å²) < 4.78 is 41.5. The van der Waals surface area contributed by atoms with E-state index in [0.29, 0.717) is 49.0 Å². The Morgan fingerprint density at radius 1 is 1.18 bits per heavy atom. The van der Waals surface area contributed by atoms with E-state index in [1.54, 1.807) is 29.3 Å². The normalized spacial score (nSPS) is 16.4. The Morgan fingerprint density at radius 2 is 1.93 bits per heavy atom. The highest BCUT2D eigenvalue weighted by Gasteiger charge is 2.37. The fourth-order valence-electron chi connectivity index (χ4n) is 4.91. The molecule has 216 valence electrons. The number of rotatable bonds is 8. The minimum absolute atomic E-state index is 0.113. The fraction of sp³-hybridized carbons (Fsp3) is 0.483. The lowest BCUT2D eigenvalue weighted by atomic mass is 9.99. The molecular formula is C29H37N3O7S. The fourth-order valence-corrected chi connectivity index (χ4v) is 5.83. The maximum atomic E-state index is 13.3. The highest BCUT2D eigenvalue weighted by atomic mass is 32.2. The SMILES string of the molecule is CCOc1cc([C@@H](CS(C)(=O)=O)N2C(=O)Cc3cc(C4=CCN(C(=O)OC(C)(C)C)CC4)cnc32)ccc1OC. The Labute approximate surface area is 235 Å². The van der Waals surface area contributed by atoms with Crippen molar-refractivity contribution in [1.82, 2.24) is 9.88 Å². The minimum atomic E-state index is -3.47. The van der Waals surface area contributed by atoms with E-state index in [4.69, 9.17) is 14.2 Å². The second-order valence-corrected chi connectivity index (χ2v) is 13.2. The van der Waals surface area contributed by atoms with E-state index in [9.17, 15) is 18.0 Å². The van der Waals surface area contributed by atoms with E-state index in [1.807, 2.05) is 39.8 Å². The zero-order chi connectivity index (χ0) is 29.2. The molecule has 2 aromatic rings. The molecule has 2 aliphatic rings. The summed E-state index contributed by atoms with van der Waals surface area (Å²) in [6, 6.07) is 6.33. The van der Waals surface area contributed by atoms with E-state index in [1.165, 1.54) is 12.0 Å². The summed E-state index contributed by atoms with van der Waals surface area (Å²) in [6.45, 7) is 8.69. The van der Waals surface area contributed by atoms with Gasteiger partial charge in [-0.25, -0.2) is 18.2 Å². The quantitative estimate of drug-likeness (QED) is 0.463. The van der Waals surface area contributed by atoms with Crippen LogP contribution >= 0.6 is 0 Å². The predicted molar refractivity (Wildman–Crippen MR) is 152 cm³/mol. The van der Waals surface area contributed by atoms with Crippen LogP contribution in [0.2, 0.25) is 0 Å². The van der Waals surface area contributed by atoms with Crippen LogP contribution in [0.5, 0.6) is 11.5 Å². The van der Waals surface area contributed by atoms with Crippen molar-refractivity contribution >= 4 is 33.2 Å². The van der Waals surface area contributed by atoms with Gasteiger partial charge >= 0.3 is 6.09 Å². The number of methoxy groups -OCH3 is 1. The topological polar surface area (TPSA) is 115 Å². The molecule has 0 saturated heterocycles. The number of amides is 2. The third-order valence-electron chi connectivity index (χ3n) is 6.66. The first-order valence-corrected chi connectivity index (χ1v) is 15.3. The van der Waals surface area contributed by atoms with Crippen LogP contribution in [0.25, 0.3) is 5.57 Å². The van der Waals surface area contributed by atoms with Crippen LogP contribution in [0.3, 0.4) is 0 Å². The van der Waals surface area contributed by atoms with Gasteiger partial charge in [-0.3, -0.25) is 9.69 Å². The van der Waals surface area contributed by atoms with Crippen LogP contribution in [0, 0.1) is 0 Å². The summed E-state index contributed by atoms with van der Waals surface area (Å²) in [4.78, 5) is 33.5. The lowest BCUT2D eigenvalue weighted by Gasteiger charge is -2.30. The number of sulfone groups is 1. The number of ether oxygens (including phenoxy) is 3. The number of benzene rings is 1. The Balaban J connectivity index is 1.63. The van der Waals surface area contributed by atoms with Gasteiger partial charge in [0.1, 0.15) is 21.3 Å². The smallest absolute Gasteiger partial charge is 0.410 e. The first-order chi connectivity index (χ1) is 18.8. The average Bonchev–Trinajstić information content (AvgIpc) is 3.20. The molecule has 40 heavy (non-hydrogen) atoms. The summed E-state index contributed by atoms with van der Waals surface area (Å²) in [7, 11) is -1.94. The number of pyridine rings is 1. The molecule has 1 aromatic carbocycles. The van der Waals surface area contributed by atoms with Gasteiger partial charge in [0.15, 0.2) is 11.5 Å². The molecule has 3 heterocycles. The molecule has 0 saturated carbocycles.